The van der Waals surface area contributed by atoms with E-state index < -0.39 is 17.7 Å². The second kappa shape index (κ2) is 10.6. The molecular formula is C21H32N2O5S. The summed E-state index contributed by atoms with van der Waals surface area (Å²) in [6.45, 7) is 8.50. The van der Waals surface area contributed by atoms with E-state index in [1.165, 1.54) is 6.92 Å². The molecule has 1 unspecified atom stereocenters. The zero-order valence-electron chi connectivity index (χ0n) is 17.7. The van der Waals surface area contributed by atoms with Crippen molar-refractivity contribution in [2.24, 2.45) is 5.92 Å². The minimum absolute atomic E-state index is 0.0808. The Kier molecular flexibility index (Phi) is 8.49. The molecule has 0 saturated carbocycles. The number of piperidine rings is 1. The lowest BCUT2D eigenvalue weighted by atomic mass is 9.93. The third kappa shape index (κ3) is 8.43. The van der Waals surface area contributed by atoms with Crippen LogP contribution in [0.1, 0.15) is 51.8 Å². The molecule has 1 aromatic rings. The Labute approximate surface area is 176 Å². The van der Waals surface area contributed by atoms with Gasteiger partial charge in [-0.25, -0.2) is 4.79 Å². The average molecular weight is 425 g/mol. The number of carbonyl (C=O) groups excluding carboxylic acids is 3. The van der Waals surface area contributed by atoms with E-state index in [-0.39, 0.29) is 11.9 Å². The lowest BCUT2D eigenvalue weighted by Gasteiger charge is -2.34. The first-order valence-electron chi connectivity index (χ1n) is 10.1. The number of hydrogen-bond acceptors (Lipinski definition) is 6. The van der Waals surface area contributed by atoms with Gasteiger partial charge < -0.3 is 19.7 Å². The fourth-order valence-corrected chi connectivity index (χ4v) is 4.06. The van der Waals surface area contributed by atoms with Gasteiger partial charge in [0.1, 0.15) is 11.6 Å². The van der Waals surface area contributed by atoms with E-state index in [4.69, 9.17) is 9.47 Å². The molecule has 29 heavy (non-hydrogen) atoms. The quantitative estimate of drug-likeness (QED) is 0.679. The van der Waals surface area contributed by atoms with E-state index in [2.05, 4.69) is 5.32 Å². The Morgan fingerprint density at radius 1 is 1.28 bits per heavy atom. The summed E-state index contributed by atoms with van der Waals surface area (Å²) in [4.78, 5) is 39.1. The standard InChI is InChI=1S/C21H32N2O5S/c1-15(24)27-12-9-16-7-10-23(11-8-16)19(25)18(14-17-6-5-13-29-17)22-20(26)28-21(2,3)4/h5-6,13,16,18H,7-12,14H2,1-4H3,(H,22,26). The van der Waals surface area contributed by atoms with Crippen molar-refractivity contribution in [3.05, 3.63) is 22.4 Å². The fraction of sp³-hybridized carbons (Fsp3) is 0.667. The number of likely N-dealkylation sites (tertiary alicyclic amines) is 1. The molecule has 1 aliphatic rings. The maximum Gasteiger partial charge on any atom is 0.408 e. The number of nitrogens with zero attached hydrogens (tertiary/aromatic N) is 1. The summed E-state index contributed by atoms with van der Waals surface area (Å²) in [5.41, 5.74) is -0.624. The van der Waals surface area contributed by atoms with Crippen molar-refractivity contribution < 1.29 is 23.9 Å². The van der Waals surface area contributed by atoms with Gasteiger partial charge in [0, 0.05) is 31.3 Å². The van der Waals surface area contributed by atoms with Crippen molar-refractivity contribution in [2.75, 3.05) is 19.7 Å². The van der Waals surface area contributed by atoms with Gasteiger partial charge in [0.2, 0.25) is 5.91 Å². The van der Waals surface area contributed by atoms with Crippen LogP contribution in [-0.2, 0) is 25.5 Å². The van der Waals surface area contributed by atoms with Crippen LogP contribution in [0.2, 0.25) is 0 Å². The number of alkyl carbamates (subject to hydrolysis) is 1. The lowest BCUT2D eigenvalue weighted by Crippen LogP contribution is -2.52. The Balaban J connectivity index is 1.93. The van der Waals surface area contributed by atoms with Crippen molar-refractivity contribution in [1.29, 1.82) is 0 Å². The summed E-state index contributed by atoms with van der Waals surface area (Å²) >= 11 is 1.56. The average Bonchev–Trinajstić information content (AvgIpc) is 3.12. The van der Waals surface area contributed by atoms with Crippen molar-refractivity contribution >= 4 is 29.3 Å². The second-order valence-corrected chi connectivity index (χ2v) is 9.41. The number of esters is 1. The molecule has 1 N–H and O–H groups in total. The van der Waals surface area contributed by atoms with E-state index in [1.54, 1.807) is 32.1 Å². The van der Waals surface area contributed by atoms with Gasteiger partial charge in [0.25, 0.3) is 0 Å². The first-order chi connectivity index (χ1) is 13.6. The van der Waals surface area contributed by atoms with Crippen molar-refractivity contribution in [3.8, 4) is 0 Å². The third-order valence-corrected chi connectivity index (χ3v) is 5.63. The number of thiophene rings is 1. The molecule has 0 aromatic carbocycles. The predicted molar refractivity (Wildman–Crippen MR) is 112 cm³/mol. The van der Waals surface area contributed by atoms with Gasteiger partial charge in [-0.2, -0.15) is 0 Å². The molecular weight excluding hydrogens is 392 g/mol. The second-order valence-electron chi connectivity index (χ2n) is 8.38. The first kappa shape index (κ1) is 23.2. The maximum absolute atomic E-state index is 13.1. The number of amides is 2. The normalized spacial score (nSPS) is 16.2. The predicted octanol–water partition coefficient (Wildman–Crippen LogP) is 3.38. The van der Waals surface area contributed by atoms with Crippen molar-refractivity contribution in [3.63, 3.8) is 0 Å². The van der Waals surface area contributed by atoms with Crippen LogP contribution in [0.5, 0.6) is 0 Å². The van der Waals surface area contributed by atoms with Crippen LogP contribution in [0.4, 0.5) is 4.79 Å². The molecule has 1 saturated heterocycles. The molecule has 8 heteroatoms. The number of hydrogen-bond donors (Lipinski definition) is 1. The van der Waals surface area contributed by atoms with Crippen LogP contribution < -0.4 is 5.32 Å². The molecule has 0 bridgehead atoms. The van der Waals surface area contributed by atoms with Crippen LogP contribution in [0.3, 0.4) is 0 Å². The van der Waals surface area contributed by atoms with Crippen molar-refractivity contribution in [2.45, 2.75) is 65.0 Å². The van der Waals surface area contributed by atoms with Crippen LogP contribution in [0.15, 0.2) is 17.5 Å². The Morgan fingerprint density at radius 3 is 2.52 bits per heavy atom. The van der Waals surface area contributed by atoms with Gasteiger partial charge >= 0.3 is 12.1 Å². The minimum Gasteiger partial charge on any atom is -0.466 e. The molecule has 1 aromatic heterocycles. The zero-order chi connectivity index (χ0) is 21.4. The zero-order valence-corrected chi connectivity index (χ0v) is 18.5. The summed E-state index contributed by atoms with van der Waals surface area (Å²) in [5, 5.41) is 4.72. The SMILES string of the molecule is CC(=O)OCCC1CCN(C(=O)C(Cc2cccs2)NC(=O)OC(C)(C)C)CC1. The summed E-state index contributed by atoms with van der Waals surface area (Å²) in [6, 6.07) is 3.24. The molecule has 2 rings (SSSR count). The van der Waals surface area contributed by atoms with Crippen LogP contribution in [0.25, 0.3) is 0 Å². The summed E-state index contributed by atoms with van der Waals surface area (Å²) in [6.07, 6.45) is 2.41. The molecule has 7 nitrogen and oxygen atoms in total. The molecule has 1 aliphatic heterocycles. The highest BCUT2D eigenvalue weighted by Crippen LogP contribution is 2.22. The van der Waals surface area contributed by atoms with Gasteiger partial charge in [-0.1, -0.05) is 6.07 Å². The van der Waals surface area contributed by atoms with E-state index in [0.29, 0.717) is 32.0 Å². The van der Waals surface area contributed by atoms with Crippen molar-refractivity contribution in [1.82, 2.24) is 10.2 Å². The Bertz CT molecular complexity index is 676. The highest BCUT2D eigenvalue weighted by molar-refractivity contribution is 7.09. The van der Waals surface area contributed by atoms with E-state index >= 15 is 0 Å². The molecule has 0 aliphatic carbocycles. The van der Waals surface area contributed by atoms with Crippen LogP contribution in [0, 0.1) is 5.92 Å². The lowest BCUT2D eigenvalue weighted by molar-refractivity contribution is -0.141. The smallest absolute Gasteiger partial charge is 0.408 e. The monoisotopic (exact) mass is 424 g/mol. The largest absolute Gasteiger partial charge is 0.466 e. The van der Waals surface area contributed by atoms with Crippen LogP contribution in [-0.4, -0.2) is 54.2 Å². The van der Waals surface area contributed by atoms with Gasteiger partial charge in [-0.05, 0) is 57.4 Å². The van der Waals surface area contributed by atoms with E-state index in [9.17, 15) is 14.4 Å². The van der Waals surface area contributed by atoms with Gasteiger partial charge in [-0.15, -0.1) is 11.3 Å². The summed E-state index contributed by atoms with van der Waals surface area (Å²) in [5.74, 6) is 0.0953. The van der Waals surface area contributed by atoms with E-state index in [1.807, 2.05) is 22.4 Å². The number of ether oxygens (including phenoxy) is 2. The highest BCUT2D eigenvalue weighted by atomic mass is 32.1. The number of rotatable bonds is 7. The van der Waals surface area contributed by atoms with E-state index in [0.717, 1.165) is 24.1 Å². The molecule has 2 amide bonds. The summed E-state index contributed by atoms with van der Waals surface area (Å²) in [7, 11) is 0. The molecule has 1 fully saturated rings. The Morgan fingerprint density at radius 2 is 1.97 bits per heavy atom. The highest BCUT2D eigenvalue weighted by Gasteiger charge is 2.31. The number of nitrogens with one attached hydrogen (secondary N) is 1. The Hall–Kier alpha value is -2.09. The molecule has 0 radical (unpaired) electrons. The molecule has 0 spiro atoms. The topological polar surface area (TPSA) is 84.9 Å². The van der Waals surface area contributed by atoms with Gasteiger partial charge in [0.05, 0.1) is 6.61 Å². The maximum atomic E-state index is 13.1. The van der Waals surface area contributed by atoms with Gasteiger partial charge in [-0.3, -0.25) is 9.59 Å². The minimum atomic E-state index is -0.652. The molecule has 162 valence electrons. The number of carbonyl (C=O) groups is 3. The summed E-state index contributed by atoms with van der Waals surface area (Å²) < 4.78 is 10.4. The third-order valence-electron chi connectivity index (χ3n) is 4.73. The van der Waals surface area contributed by atoms with Gasteiger partial charge in [0.15, 0.2) is 0 Å². The molecule has 1 atom stereocenters. The van der Waals surface area contributed by atoms with Crippen LogP contribution >= 0.6 is 11.3 Å². The first-order valence-corrected chi connectivity index (χ1v) is 11.0. The molecule has 2 heterocycles. The fourth-order valence-electron chi connectivity index (χ4n) is 3.31.